The second kappa shape index (κ2) is 12.0. The van der Waals surface area contributed by atoms with Crippen molar-refractivity contribution in [2.75, 3.05) is 6.61 Å². The summed E-state index contributed by atoms with van der Waals surface area (Å²) < 4.78 is 4.75. The van der Waals surface area contributed by atoms with Gasteiger partial charge in [-0.1, -0.05) is 50.8 Å². The predicted octanol–water partition coefficient (Wildman–Crippen LogP) is 4.02. The average Bonchev–Trinajstić information content (AvgIpc) is 2.27. The van der Waals surface area contributed by atoms with Gasteiger partial charge in [0.15, 0.2) is 0 Å². The number of carbonyl (C=O) groups excluding carboxylic acids is 1. The van der Waals surface area contributed by atoms with Crippen LogP contribution in [-0.4, -0.2) is 12.6 Å². The van der Waals surface area contributed by atoms with Crippen LogP contribution in [0.3, 0.4) is 0 Å². The minimum Gasteiger partial charge on any atom is -0.463 e. The van der Waals surface area contributed by atoms with Crippen molar-refractivity contribution in [3.05, 3.63) is 24.3 Å². The Balaban J connectivity index is 3.36. The second-order valence-electron chi connectivity index (χ2n) is 3.74. The summed E-state index contributed by atoms with van der Waals surface area (Å²) in [5.74, 6) is -0.268. The summed E-state index contributed by atoms with van der Waals surface area (Å²) in [6, 6.07) is 0. The highest BCUT2D eigenvalue weighted by molar-refractivity contribution is 5.82. The van der Waals surface area contributed by atoms with Crippen LogP contribution in [0.2, 0.25) is 0 Å². The maximum Gasteiger partial charge on any atom is 0.330 e. The van der Waals surface area contributed by atoms with Gasteiger partial charge in [-0.05, 0) is 19.8 Å². The number of esters is 1. The maximum atomic E-state index is 10.9. The summed E-state index contributed by atoms with van der Waals surface area (Å²) in [5, 5.41) is 0. The largest absolute Gasteiger partial charge is 0.463 e. The molecule has 2 heteroatoms. The van der Waals surface area contributed by atoms with Crippen molar-refractivity contribution < 1.29 is 9.53 Å². The first-order chi connectivity index (χ1) is 7.81. The Morgan fingerprint density at radius 1 is 1.06 bits per heavy atom. The quantitative estimate of drug-likeness (QED) is 0.256. The molecular weight excluding hydrogens is 200 g/mol. The first-order valence-electron chi connectivity index (χ1n) is 6.31. The molecule has 0 atom stereocenters. The van der Waals surface area contributed by atoms with Gasteiger partial charge < -0.3 is 4.74 Å². The number of carbonyl (C=O) groups is 1. The first-order valence-corrected chi connectivity index (χ1v) is 6.31. The molecule has 0 radical (unpaired) electrons. The van der Waals surface area contributed by atoms with Crippen LogP contribution in [0.5, 0.6) is 0 Å². The summed E-state index contributed by atoms with van der Waals surface area (Å²) in [4.78, 5) is 10.9. The van der Waals surface area contributed by atoms with Gasteiger partial charge in [-0.15, -0.1) is 0 Å². The zero-order valence-corrected chi connectivity index (χ0v) is 10.6. The molecule has 0 bridgehead atoms. The zero-order valence-electron chi connectivity index (χ0n) is 10.6. The highest BCUT2D eigenvalue weighted by Gasteiger charge is 1.90. The van der Waals surface area contributed by atoms with E-state index in [0.717, 1.165) is 6.42 Å². The standard InChI is InChI=1S/C14H24O2/c1-3-5-6-7-8-9-10-11-12-13-14(15)16-4-2/h10-13H,3-9H2,1-2H3/b11-10?,13-12+. The molecule has 0 rings (SSSR count). The van der Waals surface area contributed by atoms with E-state index in [4.69, 9.17) is 4.74 Å². The molecule has 0 saturated carbocycles. The summed E-state index contributed by atoms with van der Waals surface area (Å²) in [6.07, 6.45) is 14.8. The highest BCUT2D eigenvalue weighted by atomic mass is 16.5. The monoisotopic (exact) mass is 224 g/mol. The van der Waals surface area contributed by atoms with Crippen molar-refractivity contribution >= 4 is 5.97 Å². The van der Waals surface area contributed by atoms with Crippen LogP contribution in [0.1, 0.15) is 52.4 Å². The number of ether oxygens (including phenoxy) is 1. The van der Waals surface area contributed by atoms with Crippen molar-refractivity contribution in [1.29, 1.82) is 0 Å². The van der Waals surface area contributed by atoms with E-state index in [2.05, 4.69) is 13.0 Å². The minimum absolute atomic E-state index is 0.268. The van der Waals surface area contributed by atoms with Gasteiger partial charge >= 0.3 is 5.97 Å². The Morgan fingerprint density at radius 3 is 2.50 bits per heavy atom. The Morgan fingerprint density at radius 2 is 1.81 bits per heavy atom. The minimum atomic E-state index is -0.268. The molecule has 0 aromatic heterocycles. The van der Waals surface area contributed by atoms with E-state index < -0.39 is 0 Å². The van der Waals surface area contributed by atoms with Gasteiger partial charge in [0.1, 0.15) is 0 Å². The molecule has 0 aromatic rings. The summed E-state index contributed by atoms with van der Waals surface area (Å²) >= 11 is 0. The SMILES string of the molecule is CCCCCCCC=C/C=C/C(=O)OCC. The summed E-state index contributed by atoms with van der Waals surface area (Å²) in [6.45, 7) is 4.46. The van der Waals surface area contributed by atoms with Gasteiger partial charge in [0.2, 0.25) is 0 Å². The fourth-order valence-electron chi connectivity index (χ4n) is 1.37. The Kier molecular flexibility index (Phi) is 11.2. The number of hydrogen-bond acceptors (Lipinski definition) is 2. The van der Waals surface area contributed by atoms with Gasteiger partial charge in [0, 0.05) is 6.08 Å². The lowest BCUT2D eigenvalue weighted by Crippen LogP contribution is -1.98. The van der Waals surface area contributed by atoms with Crippen molar-refractivity contribution in [2.24, 2.45) is 0 Å². The maximum absolute atomic E-state index is 10.9. The van der Waals surface area contributed by atoms with E-state index in [1.165, 1.54) is 38.2 Å². The number of allylic oxidation sites excluding steroid dienone is 3. The van der Waals surface area contributed by atoms with E-state index in [1.54, 1.807) is 13.0 Å². The molecule has 0 saturated heterocycles. The van der Waals surface area contributed by atoms with Crippen LogP contribution >= 0.6 is 0 Å². The molecule has 0 N–H and O–H groups in total. The van der Waals surface area contributed by atoms with Crippen molar-refractivity contribution in [3.63, 3.8) is 0 Å². The third-order valence-electron chi connectivity index (χ3n) is 2.24. The van der Waals surface area contributed by atoms with Gasteiger partial charge in [-0.25, -0.2) is 4.79 Å². The highest BCUT2D eigenvalue weighted by Crippen LogP contribution is 2.05. The van der Waals surface area contributed by atoms with Crippen LogP contribution in [-0.2, 0) is 9.53 Å². The lowest BCUT2D eigenvalue weighted by atomic mass is 10.1. The van der Waals surface area contributed by atoms with Gasteiger partial charge in [-0.3, -0.25) is 0 Å². The van der Waals surface area contributed by atoms with Crippen LogP contribution in [0.15, 0.2) is 24.3 Å². The van der Waals surface area contributed by atoms with Gasteiger partial charge in [-0.2, -0.15) is 0 Å². The normalized spacial score (nSPS) is 11.4. The molecule has 0 amide bonds. The molecule has 0 aliphatic heterocycles. The van der Waals surface area contributed by atoms with E-state index in [1.807, 2.05) is 6.08 Å². The van der Waals surface area contributed by atoms with Gasteiger partial charge in [0.25, 0.3) is 0 Å². The molecule has 0 unspecified atom stereocenters. The summed E-state index contributed by atoms with van der Waals surface area (Å²) in [5.41, 5.74) is 0. The number of hydrogen-bond donors (Lipinski definition) is 0. The van der Waals surface area contributed by atoms with E-state index in [9.17, 15) is 4.79 Å². The molecule has 0 aliphatic rings. The molecule has 0 aromatic carbocycles. The Labute approximate surface area is 99.4 Å². The van der Waals surface area contributed by atoms with Crippen molar-refractivity contribution in [2.45, 2.75) is 52.4 Å². The average molecular weight is 224 g/mol. The Hall–Kier alpha value is -1.05. The topological polar surface area (TPSA) is 26.3 Å². The lowest BCUT2D eigenvalue weighted by Gasteiger charge is -1.95. The van der Waals surface area contributed by atoms with Crippen LogP contribution < -0.4 is 0 Å². The molecule has 0 heterocycles. The fraction of sp³-hybridized carbons (Fsp3) is 0.643. The van der Waals surface area contributed by atoms with Crippen molar-refractivity contribution in [1.82, 2.24) is 0 Å². The molecule has 0 fully saturated rings. The van der Waals surface area contributed by atoms with E-state index in [-0.39, 0.29) is 5.97 Å². The molecular formula is C14H24O2. The fourth-order valence-corrected chi connectivity index (χ4v) is 1.37. The molecule has 0 spiro atoms. The van der Waals surface area contributed by atoms with Crippen LogP contribution in [0.25, 0.3) is 0 Å². The lowest BCUT2D eigenvalue weighted by molar-refractivity contribution is -0.137. The smallest absolute Gasteiger partial charge is 0.330 e. The summed E-state index contributed by atoms with van der Waals surface area (Å²) in [7, 11) is 0. The van der Waals surface area contributed by atoms with Crippen molar-refractivity contribution in [3.8, 4) is 0 Å². The first kappa shape index (κ1) is 14.9. The zero-order chi connectivity index (χ0) is 12.1. The third kappa shape index (κ3) is 11.0. The Bertz CT molecular complexity index is 217. The second-order valence-corrected chi connectivity index (χ2v) is 3.74. The van der Waals surface area contributed by atoms with Crippen LogP contribution in [0.4, 0.5) is 0 Å². The molecule has 0 aliphatic carbocycles. The third-order valence-corrected chi connectivity index (χ3v) is 2.24. The molecule has 2 nitrogen and oxygen atoms in total. The predicted molar refractivity (Wildman–Crippen MR) is 68.3 cm³/mol. The van der Waals surface area contributed by atoms with Crippen LogP contribution in [0, 0.1) is 0 Å². The molecule has 92 valence electrons. The number of rotatable bonds is 9. The number of unbranched alkanes of at least 4 members (excludes halogenated alkanes) is 5. The van der Waals surface area contributed by atoms with E-state index >= 15 is 0 Å². The molecule has 16 heavy (non-hydrogen) atoms. The van der Waals surface area contributed by atoms with E-state index in [0.29, 0.717) is 6.61 Å². The van der Waals surface area contributed by atoms with Gasteiger partial charge in [0.05, 0.1) is 6.61 Å².